The zero-order valence-corrected chi connectivity index (χ0v) is 23.3. The maximum Gasteiger partial charge on any atom is 0.326 e. The second kappa shape index (κ2) is 13.7. The van der Waals surface area contributed by atoms with Crippen molar-refractivity contribution >= 4 is 17.8 Å². The van der Waals surface area contributed by atoms with E-state index in [0.717, 1.165) is 37.1 Å². The number of carbonyl (C=O) groups excluding carboxylic acids is 3. The molecule has 1 saturated heterocycles. The van der Waals surface area contributed by atoms with Crippen LogP contribution >= 0.6 is 0 Å². The fraction of sp³-hybridized carbons (Fsp3) is 0.679. The van der Waals surface area contributed by atoms with E-state index in [1.54, 1.807) is 4.90 Å². The van der Waals surface area contributed by atoms with Crippen molar-refractivity contribution in [1.82, 2.24) is 20.0 Å². The van der Waals surface area contributed by atoms with E-state index in [1.807, 2.05) is 59.0 Å². The number of nitrogens with zero attached hydrogens (tertiary/aromatic N) is 3. The number of likely N-dealkylation sites (tertiary alicyclic amines) is 1. The summed E-state index contributed by atoms with van der Waals surface area (Å²) in [6, 6.07) is 7.39. The number of imide groups is 1. The van der Waals surface area contributed by atoms with Gasteiger partial charge in [-0.1, -0.05) is 63.9 Å². The number of amides is 4. The number of benzene rings is 1. The standard InChI is InChI=1S/C28H46N4O4/c1-8-13-23(22-16-14-21(6)15-17-22)29-27(35)32-25(34)28(9-2,10-3)26(32)36-20-24(33)31(12-5)19-18-30(7)11-4/h14-17,23,26H,8-13,18-20H2,1-7H3,(H,29,35)/t23-,26+/m1/s1. The van der Waals surface area contributed by atoms with Gasteiger partial charge in [0.15, 0.2) is 6.23 Å². The van der Waals surface area contributed by atoms with Crippen LogP contribution in [0.15, 0.2) is 24.3 Å². The van der Waals surface area contributed by atoms with Crippen molar-refractivity contribution in [2.75, 3.05) is 39.8 Å². The molecule has 0 aromatic heterocycles. The number of likely N-dealkylation sites (N-methyl/N-ethyl adjacent to an activating group) is 2. The van der Waals surface area contributed by atoms with Crippen molar-refractivity contribution in [2.24, 2.45) is 5.41 Å². The second-order valence-electron chi connectivity index (χ2n) is 9.77. The number of nitrogens with one attached hydrogen (secondary N) is 1. The molecule has 1 aliphatic heterocycles. The van der Waals surface area contributed by atoms with Gasteiger partial charge in [0.2, 0.25) is 11.8 Å². The number of rotatable bonds is 14. The number of aryl methyl sites for hydroxylation is 1. The van der Waals surface area contributed by atoms with Crippen LogP contribution in [0.3, 0.4) is 0 Å². The molecule has 1 aromatic carbocycles. The van der Waals surface area contributed by atoms with Gasteiger partial charge < -0.3 is 19.9 Å². The van der Waals surface area contributed by atoms with Crippen molar-refractivity contribution in [2.45, 2.75) is 79.5 Å². The molecule has 1 N–H and O–H groups in total. The molecule has 0 unspecified atom stereocenters. The lowest BCUT2D eigenvalue weighted by molar-refractivity contribution is -0.212. The molecule has 8 nitrogen and oxygen atoms in total. The number of β-lactam (4-membered cyclic amide) rings is 1. The van der Waals surface area contributed by atoms with E-state index in [2.05, 4.69) is 24.1 Å². The molecule has 1 fully saturated rings. The molecule has 0 saturated carbocycles. The average Bonchev–Trinajstić information content (AvgIpc) is 2.87. The highest BCUT2D eigenvalue weighted by Crippen LogP contribution is 2.46. The SMILES string of the molecule is CCC[C@@H](NC(=O)N1C(=O)C(CC)(CC)[C@@H]1OCC(=O)N(CC)CCN(C)CC)c1ccc(C)cc1. The van der Waals surface area contributed by atoms with E-state index in [0.29, 0.717) is 25.9 Å². The van der Waals surface area contributed by atoms with Crippen LogP contribution in [0, 0.1) is 12.3 Å². The lowest BCUT2D eigenvalue weighted by Crippen LogP contribution is -2.72. The van der Waals surface area contributed by atoms with Crippen LogP contribution in [0.2, 0.25) is 0 Å². The molecule has 8 heteroatoms. The lowest BCUT2D eigenvalue weighted by atomic mass is 9.72. The number of hydrogen-bond acceptors (Lipinski definition) is 5. The summed E-state index contributed by atoms with van der Waals surface area (Å²) in [7, 11) is 2.02. The zero-order valence-electron chi connectivity index (χ0n) is 23.3. The summed E-state index contributed by atoms with van der Waals surface area (Å²) >= 11 is 0. The van der Waals surface area contributed by atoms with Crippen molar-refractivity contribution in [3.63, 3.8) is 0 Å². The molecule has 1 aromatic rings. The van der Waals surface area contributed by atoms with Gasteiger partial charge in [-0.25, -0.2) is 9.69 Å². The minimum absolute atomic E-state index is 0.133. The fourth-order valence-corrected chi connectivity index (χ4v) is 4.75. The molecule has 1 heterocycles. The molecule has 202 valence electrons. The Bertz CT molecular complexity index is 869. The Morgan fingerprint density at radius 3 is 2.22 bits per heavy atom. The Morgan fingerprint density at radius 1 is 1.06 bits per heavy atom. The van der Waals surface area contributed by atoms with Crippen LogP contribution in [0.4, 0.5) is 4.79 Å². The van der Waals surface area contributed by atoms with E-state index < -0.39 is 17.7 Å². The summed E-state index contributed by atoms with van der Waals surface area (Å²) in [6.07, 6.45) is 1.96. The molecule has 2 rings (SSSR count). The smallest absolute Gasteiger partial charge is 0.326 e. The Hall–Kier alpha value is -2.45. The minimum atomic E-state index is -0.790. The molecule has 0 bridgehead atoms. The topological polar surface area (TPSA) is 82.2 Å². The Labute approximate surface area is 217 Å². The Balaban J connectivity index is 2.14. The summed E-state index contributed by atoms with van der Waals surface area (Å²) in [6.45, 7) is 14.7. The Morgan fingerprint density at radius 2 is 1.69 bits per heavy atom. The van der Waals surface area contributed by atoms with Gasteiger partial charge in [-0.3, -0.25) is 9.59 Å². The van der Waals surface area contributed by atoms with Crippen molar-refractivity contribution in [3.05, 3.63) is 35.4 Å². The maximum absolute atomic E-state index is 13.3. The lowest BCUT2D eigenvalue weighted by Gasteiger charge is -2.53. The van der Waals surface area contributed by atoms with Crippen LogP contribution < -0.4 is 5.32 Å². The first-order valence-corrected chi connectivity index (χ1v) is 13.5. The van der Waals surface area contributed by atoms with E-state index in [4.69, 9.17) is 4.74 Å². The summed E-state index contributed by atoms with van der Waals surface area (Å²) < 4.78 is 6.06. The van der Waals surface area contributed by atoms with Gasteiger partial charge in [-0.2, -0.15) is 0 Å². The van der Waals surface area contributed by atoms with Crippen LogP contribution in [0.5, 0.6) is 0 Å². The van der Waals surface area contributed by atoms with Crippen LogP contribution in [-0.2, 0) is 14.3 Å². The highest BCUT2D eigenvalue weighted by Gasteiger charge is 2.62. The van der Waals surface area contributed by atoms with Gasteiger partial charge in [0.25, 0.3) is 0 Å². The first kappa shape index (κ1) is 29.8. The molecule has 0 spiro atoms. The zero-order chi connectivity index (χ0) is 26.9. The van der Waals surface area contributed by atoms with Gasteiger partial charge in [0.1, 0.15) is 6.61 Å². The summed E-state index contributed by atoms with van der Waals surface area (Å²) in [5, 5.41) is 3.05. The highest BCUT2D eigenvalue weighted by atomic mass is 16.5. The van der Waals surface area contributed by atoms with Gasteiger partial charge >= 0.3 is 6.03 Å². The van der Waals surface area contributed by atoms with Crippen LogP contribution in [-0.4, -0.2) is 78.6 Å². The highest BCUT2D eigenvalue weighted by molar-refractivity contribution is 6.03. The molecule has 0 radical (unpaired) electrons. The average molecular weight is 503 g/mol. The van der Waals surface area contributed by atoms with Gasteiger partial charge in [0, 0.05) is 19.6 Å². The number of urea groups is 1. The third-order valence-corrected chi connectivity index (χ3v) is 7.58. The minimum Gasteiger partial charge on any atom is -0.347 e. The van der Waals surface area contributed by atoms with E-state index in [1.165, 1.54) is 4.90 Å². The normalized spacial score (nSPS) is 17.6. The van der Waals surface area contributed by atoms with Gasteiger partial charge in [0.05, 0.1) is 11.5 Å². The van der Waals surface area contributed by atoms with Crippen LogP contribution in [0.25, 0.3) is 0 Å². The summed E-state index contributed by atoms with van der Waals surface area (Å²) in [5.74, 6) is -0.371. The Kier molecular flexibility index (Phi) is 11.4. The molecule has 1 aliphatic rings. The van der Waals surface area contributed by atoms with E-state index in [-0.39, 0.29) is 24.5 Å². The predicted molar refractivity (Wildman–Crippen MR) is 142 cm³/mol. The monoisotopic (exact) mass is 502 g/mol. The summed E-state index contributed by atoms with van der Waals surface area (Å²) in [4.78, 5) is 44.6. The molecular formula is C28H46N4O4. The predicted octanol–water partition coefficient (Wildman–Crippen LogP) is 4.34. The third-order valence-electron chi connectivity index (χ3n) is 7.58. The van der Waals surface area contributed by atoms with E-state index in [9.17, 15) is 14.4 Å². The first-order valence-electron chi connectivity index (χ1n) is 13.5. The van der Waals surface area contributed by atoms with Crippen molar-refractivity contribution in [3.8, 4) is 0 Å². The molecular weight excluding hydrogens is 456 g/mol. The largest absolute Gasteiger partial charge is 0.347 e. The molecule has 36 heavy (non-hydrogen) atoms. The molecule has 2 atom stereocenters. The van der Waals surface area contributed by atoms with Gasteiger partial charge in [-0.05, 0) is 52.3 Å². The quantitative estimate of drug-likeness (QED) is 0.383. The third kappa shape index (κ3) is 6.65. The fourth-order valence-electron chi connectivity index (χ4n) is 4.75. The van der Waals surface area contributed by atoms with E-state index >= 15 is 0 Å². The number of ether oxygens (including phenoxy) is 1. The number of carbonyl (C=O) groups is 3. The van der Waals surface area contributed by atoms with Crippen molar-refractivity contribution < 1.29 is 19.1 Å². The molecule has 4 amide bonds. The van der Waals surface area contributed by atoms with Crippen LogP contribution in [0.1, 0.15) is 77.5 Å². The summed E-state index contributed by atoms with van der Waals surface area (Å²) in [5.41, 5.74) is 1.36. The molecule has 0 aliphatic carbocycles. The van der Waals surface area contributed by atoms with Gasteiger partial charge in [-0.15, -0.1) is 0 Å². The first-order chi connectivity index (χ1) is 17.2. The van der Waals surface area contributed by atoms with Crippen molar-refractivity contribution in [1.29, 1.82) is 0 Å². The maximum atomic E-state index is 13.3. The second-order valence-corrected chi connectivity index (χ2v) is 9.77. The number of hydrogen-bond donors (Lipinski definition) is 1.